The van der Waals surface area contributed by atoms with Crippen molar-refractivity contribution < 1.29 is 4.79 Å². The van der Waals surface area contributed by atoms with Gasteiger partial charge in [0.15, 0.2) is 0 Å². The summed E-state index contributed by atoms with van der Waals surface area (Å²) in [6.07, 6.45) is 0.944. The molecule has 0 spiro atoms. The van der Waals surface area contributed by atoms with Crippen molar-refractivity contribution in [1.29, 1.82) is 0 Å². The highest BCUT2D eigenvalue weighted by molar-refractivity contribution is 5.74. The topological polar surface area (TPSA) is 46.3 Å². The van der Waals surface area contributed by atoms with E-state index in [9.17, 15) is 4.79 Å². The van der Waals surface area contributed by atoms with Gasteiger partial charge in [-0.2, -0.15) is 0 Å². The number of nitrogens with two attached hydrogens (primary N) is 1. The zero-order chi connectivity index (χ0) is 7.72. The highest BCUT2D eigenvalue weighted by Crippen LogP contribution is 2.15. The molecule has 0 saturated carbocycles. The van der Waals surface area contributed by atoms with Crippen LogP contribution in [0.25, 0.3) is 0 Å². The molecule has 0 bridgehead atoms. The summed E-state index contributed by atoms with van der Waals surface area (Å²) in [4.78, 5) is 12.7. The lowest BCUT2D eigenvalue weighted by atomic mass is 10.2. The fraction of sp³-hybridized carbons (Fsp3) is 0.857. The molecule has 1 heterocycles. The van der Waals surface area contributed by atoms with E-state index in [-0.39, 0.29) is 11.9 Å². The van der Waals surface area contributed by atoms with Gasteiger partial charge in [-0.25, -0.2) is 0 Å². The normalized spacial score (nSPS) is 32.9. The first-order chi connectivity index (χ1) is 4.61. The third kappa shape index (κ3) is 1.29. The molecule has 0 aliphatic carbocycles. The van der Waals surface area contributed by atoms with Crippen LogP contribution in [-0.2, 0) is 4.79 Å². The lowest BCUT2D eigenvalue weighted by Crippen LogP contribution is -2.33. The van der Waals surface area contributed by atoms with Crippen molar-refractivity contribution in [2.45, 2.75) is 32.4 Å². The first kappa shape index (κ1) is 7.54. The minimum absolute atomic E-state index is 0.139. The zero-order valence-electron chi connectivity index (χ0n) is 6.50. The van der Waals surface area contributed by atoms with Gasteiger partial charge in [-0.1, -0.05) is 0 Å². The average Bonchev–Trinajstić information content (AvgIpc) is 2.10. The van der Waals surface area contributed by atoms with E-state index in [0.717, 1.165) is 13.0 Å². The van der Waals surface area contributed by atoms with Crippen LogP contribution in [0, 0.1) is 0 Å². The van der Waals surface area contributed by atoms with Crippen LogP contribution in [0.5, 0.6) is 0 Å². The van der Waals surface area contributed by atoms with E-state index >= 15 is 0 Å². The summed E-state index contributed by atoms with van der Waals surface area (Å²) in [7, 11) is 0. The van der Waals surface area contributed by atoms with E-state index in [1.807, 2.05) is 11.8 Å². The van der Waals surface area contributed by atoms with Crippen molar-refractivity contribution in [1.82, 2.24) is 4.90 Å². The molecule has 1 aliphatic rings. The van der Waals surface area contributed by atoms with Gasteiger partial charge in [0, 0.05) is 25.6 Å². The zero-order valence-corrected chi connectivity index (χ0v) is 6.50. The van der Waals surface area contributed by atoms with Gasteiger partial charge in [0.05, 0.1) is 0 Å². The second-order valence-electron chi connectivity index (χ2n) is 3.02. The van der Waals surface area contributed by atoms with Crippen LogP contribution in [0.3, 0.4) is 0 Å². The second-order valence-corrected chi connectivity index (χ2v) is 3.02. The highest BCUT2D eigenvalue weighted by Gasteiger charge is 2.27. The van der Waals surface area contributed by atoms with E-state index in [2.05, 4.69) is 0 Å². The predicted molar refractivity (Wildman–Crippen MR) is 39.4 cm³/mol. The SMILES string of the molecule is CC(=O)N1C[C@@H](N)C[C@H]1C. The fourth-order valence-corrected chi connectivity index (χ4v) is 1.51. The standard InChI is InChI=1S/C7H14N2O/c1-5-3-7(8)4-9(5)6(2)10/h5,7H,3-4,8H2,1-2H3/t5-,7+/m1/s1. The lowest BCUT2D eigenvalue weighted by molar-refractivity contribution is -0.129. The molecule has 3 nitrogen and oxygen atoms in total. The van der Waals surface area contributed by atoms with Crippen molar-refractivity contribution in [2.75, 3.05) is 6.54 Å². The number of likely N-dealkylation sites (tertiary alicyclic amines) is 1. The number of carbonyl (C=O) groups is 1. The van der Waals surface area contributed by atoms with Crippen LogP contribution in [0.15, 0.2) is 0 Å². The minimum atomic E-state index is 0.139. The highest BCUT2D eigenvalue weighted by atomic mass is 16.2. The molecule has 1 aliphatic heterocycles. The summed E-state index contributed by atoms with van der Waals surface area (Å²) < 4.78 is 0. The van der Waals surface area contributed by atoms with Crippen molar-refractivity contribution in [3.63, 3.8) is 0 Å². The predicted octanol–water partition coefficient (Wildman–Crippen LogP) is -0.0456. The Hall–Kier alpha value is -0.570. The quantitative estimate of drug-likeness (QED) is 0.515. The largest absolute Gasteiger partial charge is 0.339 e. The first-order valence-corrected chi connectivity index (χ1v) is 3.64. The maximum Gasteiger partial charge on any atom is 0.219 e. The number of amides is 1. The third-order valence-corrected chi connectivity index (χ3v) is 2.01. The molecule has 2 N–H and O–H groups in total. The molecular weight excluding hydrogens is 128 g/mol. The van der Waals surface area contributed by atoms with Crippen molar-refractivity contribution in [2.24, 2.45) is 5.73 Å². The molecule has 0 aromatic rings. The number of rotatable bonds is 0. The van der Waals surface area contributed by atoms with Crippen LogP contribution in [0.2, 0.25) is 0 Å². The number of hydrogen-bond donors (Lipinski definition) is 1. The second kappa shape index (κ2) is 2.58. The minimum Gasteiger partial charge on any atom is -0.339 e. The van der Waals surface area contributed by atoms with Gasteiger partial charge < -0.3 is 10.6 Å². The molecule has 58 valence electrons. The molecule has 1 saturated heterocycles. The third-order valence-electron chi connectivity index (χ3n) is 2.01. The summed E-state index contributed by atoms with van der Waals surface area (Å²) in [6, 6.07) is 0.534. The van der Waals surface area contributed by atoms with Crippen LogP contribution in [0.1, 0.15) is 20.3 Å². The Balaban J connectivity index is 2.54. The van der Waals surface area contributed by atoms with Gasteiger partial charge in [-0.15, -0.1) is 0 Å². The lowest BCUT2D eigenvalue weighted by Gasteiger charge is -2.18. The molecule has 1 fully saturated rings. The Morgan fingerprint density at radius 2 is 2.30 bits per heavy atom. The van der Waals surface area contributed by atoms with Gasteiger partial charge in [-0.3, -0.25) is 4.79 Å². The number of hydrogen-bond acceptors (Lipinski definition) is 2. The summed E-state index contributed by atoms with van der Waals surface area (Å²) in [5.74, 6) is 0.139. The number of nitrogens with zero attached hydrogens (tertiary/aromatic N) is 1. The van der Waals surface area contributed by atoms with Gasteiger partial charge in [0.1, 0.15) is 0 Å². The van der Waals surface area contributed by atoms with E-state index < -0.39 is 0 Å². The van der Waals surface area contributed by atoms with Gasteiger partial charge in [-0.05, 0) is 13.3 Å². The summed E-state index contributed by atoms with van der Waals surface area (Å²) in [5, 5.41) is 0. The Kier molecular flexibility index (Phi) is 1.94. The summed E-state index contributed by atoms with van der Waals surface area (Å²) >= 11 is 0. The van der Waals surface area contributed by atoms with Crippen LogP contribution < -0.4 is 5.73 Å². The molecule has 10 heavy (non-hydrogen) atoms. The monoisotopic (exact) mass is 142 g/mol. The molecule has 0 aromatic carbocycles. The van der Waals surface area contributed by atoms with E-state index in [4.69, 9.17) is 5.73 Å². The fourth-order valence-electron chi connectivity index (χ4n) is 1.51. The molecule has 0 unspecified atom stereocenters. The van der Waals surface area contributed by atoms with E-state index in [1.165, 1.54) is 0 Å². The molecule has 1 rings (SSSR count). The van der Waals surface area contributed by atoms with Gasteiger partial charge in [0.25, 0.3) is 0 Å². The summed E-state index contributed by atoms with van der Waals surface area (Å²) in [6.45, 7) is 4.36. The average molecular weight is 142 g/mol. The Morgan fingerprint density at radius 3 is 2.50 bits per heavy atom. The van der Waals surface area contributed by atoms with E-state index in [0.29, 0.717) is 6.04 Å². The molecular formula is C7H14N2O. The molecule has 2 atom stereocenters. The maximum atomic E-state index is 10.9. The van der Waals surface area contributed by atoms with Crippen molar-refractivity contribution in [3.05, 3.63) is 0 Å². The Bertz CT molecular complexity index is 147. The Labute approximate surface area is 61.2 Å². The van der Waals surface area contributed by atoms with Crippen LogP contribution in [-0.4, -0.2) is 29.4 Å². The Morgan fingerprint density at radius 1 is 1.70 bits per heavy atom. The van der Waals surface area contributed by atoms with Gasteiger partial charge >= 0.3 is 0 Å². The molecule has 3 heteroatoms. The van der Waals surface area contributed by atoms with Crippen molar-refractivity contribution >= 4 is 5.91 Å². The molecule has 0 aromatic heterocycles. The summed E-state index contributed by atoms with van der Waals surface area (Å²) in [5.41, 5.74) is 5.66. The van der Waals surface area contributed by atoms with Gasteiger partial charge in [0.2, 0.25) is 5.91 Å². The maximum absolute atomic E-state index is 10.9. The molecule has 1 amide bonds. The van der Waals surface area contributed by atoms with Crippen molar-refractivity contribution in [3.8, 4) is 0 Å². The number of carbonyl (C=O) groups excluding carboxylic acids is 1. The molecule has 0 radical (unpaired) electrons. The smallest absolute Gasteiger partial charge is 0.219 e. The van der Waals surface area contributed by atoms with Crippen LogP contribution >= 0.6 is 0 Å². The first-order valence-electron chi connectivity index (χ1n) is 3.64. The van der Waals surface area contributed by atoms with Crippen LogP contribution in [0.4, 0.5) is 0 Å². The van der Waals surface area contributed by atoms with E-state index in [1.54, 1.807) is 6.92 Å².